The molecule has 0 amide bonds. The van der Waals surface area contributed by atoms with Gasteiger partial charge in [-0.05, 0) is 19.3 Å². The third kappa shape index (κ3) is 3.00. The Kier molecular flexibility index (Phi) is 3.69. The molecule has 1 atom stereocenters. The quantitative estimate of drug-likeness (QED) is 0.778. The van der Waals surface area contributed by atoms with Crippen LogP contribution in [0.4, 0.5) is 0 Å². The highest BCUT2D eigenvalue weighted by Gasteiger charge is 2.18. The maximum absolute atomic E-state index is 8.65. The molecule has 1 aliphatic heterocycles. The van der Waals surface area contributed by atoms with Crippen LogP contribution in [0.2, 0.25) is 0 Å². The number of aliphatic hydroxyl groups is 1. The van der Waals surface area contributed by atoms with Crippen molar-refractivity contribution < 1.29 is 14.4 Å². The first-order chi connectivity index (χ1) is 7.38. The second-order valence-electron chi connectivity index (χ2n) is 3.77. The number of hydrogen-bond acceptors (Lipinski definition) is 5. The Morgan fingerprint density at radius 1 is 1.47 bits per heavy atom. The van der Waals surface area contributed by atoms with E-state index < -0.39 is 0 Å². The number of rotatable bonds is 5. The molecule has 0 aliphatic carbocycles. The lowest BCUT2D eigenvalue weighted by atomic mass is 10.2. The molecule has 2 rings (SSSR count). The molecule has 0 radical (unpaired) electrons. The molecule has 1 N–H and O–H groups in total. The first-order valence-corrected chi connectivity index (χ1v) is 5.42. The molecule has 1 fully saturated rings. The summed E-state index contributed by atoms with van der Waals surface area (Å²) in [5.74, 6) is 1.33. The van der Waals surface area contributed by atoms with Gasteiger partial charge in [-0.2, -0.15) is 4.98 Å². The monoisotopic (exact) mass is 212 g/mol. The zero-order valence-corrected chi connectivity index (χ0v) is 8.69. The van der Waals surface area contributed by atoms with Gasteiger partial charge in [-0.3, -0.25) is 0 Å². The van der Waals surface area contributed by atoms with Crippen molar-refractivity contribution in [3.8, 4) is 0 Å². The highest BCUT2D eigenvalue weighted by Crippen LogP contribution is 2.15. The molecule has 0 saturated carbocycles. The Morgan fingerprint density at radius 2 is 2.40 bits per heavy atom. The predicted molar refractivity (Wildman–Crippen MR) is 52.4 cm³/mol. The van der Waals surface area contributed by atoms with E-state index in [1.54, 1.807) is 0 Å². The molecule has 1 aromatic heterocycles. The third-order valence-corrected chi connectivity index (χ3v) is 2.49. The van der Waals surface area contributed by atoms with Gasteiger partial charge in [-0.25, -0.2) is 0 Å². The van der Waals surface area contributed by atoms with Crippen molar-refractivity contribution in [2.75, 3.05) is 13.2 Å². The summed E-state index contributed by atoms with van der Waals surface area (Å²) in [6.07, 6.45) is 4.52. The van der Waals surface area contributed by atoms with Crippen LogP contribution in [0.3, 0.4) is 0 Å². The van der Waals surface area contributed by atoms with Crippen LogP contribution in [0, 0.1) is 0 Å². The predicted octanol–water partition coefficient (Wildman–Crippen LogP) is 0.716. The van der Waals surface area contributed by atoms with E-state index in [-0.39, 0.29) is 12.7 Å². The minimum absolute atomic E-state index is 0.156. The van der Waals surface area contributed by atoms with Crippen LogP contribution in [0.25, 0.3) is 0 Å². The molecule has 1 aromatic rings. The van der Waals surface area contributed by atoms with Gasteiger partial charge in [0.1, 0.15) is 0 Å². The van der Waals surface area contributed by atoms with Gasteiger partial charge in [0.15, 0.2) is 5.82 Å². The second-order valence-corrected chi connectivity index (χ2v) is 3.77. The standard InChI is InChI=1S/C10H16N2O3/c13-5-1-4-10-11-9(12-15-10)7-8-3-2-6-14-8/h8,13H,1-7H2. The van der Waals surface area contributed by atoms with E-state index in [1.165, 1.54) is 0 Å². The Morgan fingerprint density at radius 3 is 3.13 bits per heavy atom. The van der Waals surface area contributed by atoms with E-state index in [2.05, 4.69) is 10.1 Å². The van der Waals surface area contributed by atoms with Crippen LogP contribution < -0.4 is 0 Å². The summed E-state index contributed by atoms with van der Waals surface area (Å²) in [6, 6.07) is 0. The largest absolute Gasteiger partial charge is 0.396 e. The van der Waals surface area contributed by atoms with Gasteiger partial charge in [-0.15, -0.1) is 0 Å². The summed E-state index contributed by atoms with van der Waals surface area (Å²) >= 11 is 0. The lowest BCUT2D eigenvalue weighted by Crippen LogP contribution is -2.09. The third-order valence-electron chi connectivity index (χ3n) is 2.49. The summed E-state index contributed by atoms with van der Waals surface area (Å²) < 4.78 is 10.5. The lowest BCUT2D eigenvalue weighted by Gasteiger charge is -2.03. The highest BCUT2D eigenvalue weighted by atomic mass is 16.5. The van der Waals surface area contributed by atoms with Crippen LogP contribution in [0.5, 0.6) is 0 Å². The fourth-order valence-electron chi connectivity index (χ4n) is 1.71. The topological polar surface area (TPSA) is 68.4 Å². The summed E-state index contributed by atoms with van der Waals surface area (Å²) in [6.45, 7) is 1.00. The summed E-state index contributed by atoms with van der Waals surface area (Å²) in [5, 5.41) is 12.5. The van der Waals surface area contributed by atoms with Crippen LogP contribution in [-0.2, 0) is 17.6 Å². The van der Waals surface area contributed by atoms with Crippen molar-refractivity contribution in [3.63, 3.8) is 0 Å². The van der Waals surface area contributed by atoms with Crippen LogP contribution in [0.1, 0.15) is 31.0 Å². The fraction of sp³-hybridized carbons (Fsp3) is 0.800. The molecule has 5 heteroatoms. The van der Waals surface area contributed by atoms with E-state index in [0.717, 1.165) is 31.7 Å². The Hall–Kier alpha value is -0.940. The van der Waals surface area contributed by atoms with Gasteiger partial charge >= 0.3 is 0 Å². The van der Waals surface area contributed by atoms with Crippen molar-refractivity contribution in [1.29, 1.82) is 0 Å². The smallest absolute Gasteiger partial charge is 0.226 e. The van der Waals surface area contributed by atoms with E-state index in [1.807, 2.05) is 0 Å². The van der Waals surface area contributed by atoms with Crippen molar-refractivity contribution in [1.82, 2.24) is 10.1 Å². The van der Waals surface area contributed by atoms with Gasteiger partial charge in [0.25, 0.3) is 0 Å². The molecule has 1 unspecified atom stereocenters. The molecule has 0 bridgehead atoms. The van der Waals surface area contributed by atoms with Gasteiger partial charge in [0.05, 0.1) is 6.10 Å². The molecule has 15 heavy (non-hydrogen) atoms. The first-order valence-electron chi connectivity index (χ1n) is 5.42. The zero-order valence-electron chi connectivity index (χ0n) is 8.69. The average Bonchev–Trinajstić information content (AvgIpc) is 2.87. The second kappa shape index (κ2) is 5.23. The number of aryl methyl sites for hydroxylation is 1. The van der Waals surface area contributed by atoms with Crippen LogP contribution in [0.15, 0.2) is 4.52 Å². The Balaban J connectivity index is 1.83. The maximum Gasteiger partial charge on any atom is 0.226 e. The average molecular weight is 212 g/mol. The number of nitrogens with zero attached hydrogens (tertiary/aromatic N) is 2. The van der Waals surface area contributed by atoms with E-state index in [0.29, 0.717) is 18.7 Å². The van der Waals surface area contributed by atoms with Crippen molar-refractivity contribution in [3.05, 3.63) is 11.7 Å². The molecule has 0 aromatic carbocycles. The Bertz CT molecular complexity index is 295. The molecule has 1 aliphatic rings. The van der Waals surface area contributed by atoms with Crippen molar-refractivity contribution in [2.24, 2.45) is 0 Å². The maximum atomic E-state index is 8.65. The summed E-state index contributed by atoms with van der Waals surface area (Å²) in [7, 11) is 0. The molecule has 1 saturated heterocycles. The minimum atomic E-state index is 0.156. The molecular weight excluding hydrogens is 196 g/mol. The van der Waals surface area contributed by atoms with Crippen molar-refractivity contribution in [2.45, 2.75) is 38.2 Å². The normalized spacial score (nSPS) is 21.0. The molecule has 5 nitrogen and oxygen atoms in total. The zero-order chi connectivity index (χ0) is 10.5. The summed E-state index contributed by atoms with van der Waals surface area (Å²) in [4.78, 5) is 4.24. The molecule has 84 valence electrons. The first kappa shape index (κ1) is 10.6. The van der Waals surface area contributed by atoms with Crippen LogP contribution >= 0.6 is 0 Å². The molecule has 2 heterocycles. The highest BCUT2D eigenvalue weighted by molar-refractivity contribution is 4.89. The number of hydrogen-bond donors (Lipinski definition) is 1. The number of aromatic nitrogens is 2. The molecular formula is C10H16N2O3. The number of ether oxygens (including phenoxy) is 1. The van der Waals surface area contributed by atoms with E-state index >= 15 is 0 Å². The SMILES string of the molecule is OCCCc1nc(CC2CCCO2)no1. The number of aliphatic hydroxyl groups excluding tert-OH is 1. The Labute approximate surface area is 88.4 Å². The van der Waals surface area contributed by atoms with Gasteiger partial charge in [0.2, 0.25) is 5.89 Å². The lowest BCUT2D eigenvalue weighted by molar-refractivity contribution is 0.109. The fourth-order valence-corrected chi connectivity index (χ4v) is 1.71. The minimum Gasteiger partial charge on any atom is -0.396 e. The van der Waals surface area contributed by atoms with Gasteiger partial charge in [0, 0.05) is 26.1 Å². The van der Waals surface area contributed by atoms with Gasteiger partial charge < -0.3 is 14.4 Å². The summed E-state index contributed by atoms with van der Waals surface area (Å²) in [5.41, 5.74) is 0. The van der Waals surface area contributed by atoms with Crippen LogP contribution in [-0.4, -0.2) is 34.6 Å². The van der Waals surface area contributed by atoms with E-state index in [4.69, 9.17) is 14.4 Å². The van der Waals surface area contributed by atoms with Gasteiger partial charge in [-0.1, -0.05) is 5.16 Å². The van der Waals surface area contributed by atoms with Crippen molar-refractivity contribution >= 4 is 0 Å². The van der Waals surface area contributed by atoms with E-state index in [9.17, 15) is 0 Å². The molecule has 0 spiro atoms.